The molecule has 0 spiro atoms. The molecule has 0 radical (unpaired) electrons. The molecule has 0 aliphatic carbocycles. The van der Waals surface area contributed by atoms with Gasteiger partial charge < -0.3 is 10.6 Å². The largest absolute Gasteiger partial charge is 0.357 e. The minimum atomic E-state index is 0.552. The van der Waals surface area contributed by atoms with Crippen LogP contribution in [0.5, 0.6) is 0 Å². The maximum Gasteiger partial charge on any atom is 0.191 e. The Balaban J connectivity index is 1.49. The first-order valence-electron chi connectivity index (χ1n) is 10.7. The zero-order valence-electron chi connectivity index (χ0n) is 18.6. The number of para-hydroxylation sites is 1. The normalized spacial score (nSPS) is 11.5. The van der Waals surface area contributed by atoms with Crippen molar-refractivity contribution in [1.82, 2.24) is 35.6 Å². The van der Waals surface area contributed by atoms with Gasteiger partial charge in [0.25, 0.3) is 0 Å². The highest BCUT2D eigenvalue weighted by Crippen LogP contribution is 2.18. The van der Waals surface area contributed by atoms with Crippen molar-refractivity contribution >= 4 is 5.96 Å². The lowest BCUT2D eigenvalue weighted by atomic mass is 10.1. The Morgan fingerprint density at radius 3 is 2.69 bits per heavy atom. The van der Waals surface area contributed by atoms with Crippen molar-refractivity contribution in [3.8, 4) is 17.1 Å². The van der Waals surface area contributed by atoms with Crippen LogP contribution in [0.3, 0.4) is 0 Å². The summed E-state index contributed by atoms with van der Waals surface area (Å²) in [6.45, 7) is 8.11. The van der Waals surface area contributed by atoms with Crippen LogP contribution in [0.4, 0.5) is 0 Å². The van der Waals surface area contributed by atoms with Crippen molar-refractivity contribution < 1.29 is 0 Å². The molecule has 8 heteroatoms. The third-order valence-electron chi connectivity index (χ3n) is 5.06. The van der Waals surface area contributed by atoms with E-state index in [1.165, 1.54) is 6.33 Å². The number of guanidine groups is 1. The molecule has 0 saturated heterocycles. The van der Waals surface area contributed by atoms with Gasteiger partial charge in [-0.25, -0.2) is 14.7 Å². The number of hydrogen-bond acceptors (Lipinski definition) is 4. The van der Waals surface area contributed by atoms with E-state index in [0.717, 1.165) is 52.1 Å². The van der Waals surface area contributed by atoms with E-state index in [-0.39, 0.29) is 0 Å². The van der Waals surface area contributed by atoms with Crippen molar-refractivity contribution in [3.05, 3.63) is 83.4 Å². The van der Waals surface area contributed by atoms with E-state index in [4.69, 9.17) is 4.99 Å². The molecule has 2 aromatic heterocycles. The summed E-state index contributed by atoms with van der Waals surface area (Å²) in [5.74, 6) is 1.52. The Labute approximate surface area is 187 Å². The number of benzene rings is 2. The highest BCUT2D eigenvalue weighted by molar-refractivity contribution is 5.79. The van der Waals surface area contributed by atoms with Crippen molar-refractivity contribution in [1.29, 1.82) is 0 Å². The summed E-state index contributed by atoms with van der Waals surface area (Å²) in [5, 5.41) is 18.2. The van der Waals surface area contributed by atoms with Crippen molar-refractivity contribution in [3.63, 3.8) is 0 Å². The summed E-state index contributed by atoms with van der Waals surface area (Å²) in [5.41, 5.74) is 6.43. The van der Waals surface area contributed by atoms with Crippen LogP contribution in [0.15, 0.2) is 65.9 Å². The van der Waals surface area contributed by atoms with E-state index in [1.807, 2.05) is 35.9 Å². The number of nitrogens with one attached hydrogen (secondary N) is 3. The fraction of sp³-hybridized carbons (Fsp3) is 0.250. The van der Waals surface area contributed by atoms with Gasteiger partial charge in [0.15, 0.2) is 11.8 Å². The molecule has 3 N–H and O–H groups in total. The van der Waals surface area contributed by atoms with Gasteiger partial charge in [0.1, 0.15) is 6.33 Å². The summed E-state index contributed by atoms with van der Waals surface area (Å²) in [6.07, 6.45) is 1.51. The second kappa shape index (κ2) is 9.91. The van der Waals surface area contributed by atoms with Gasteiger partial charge in [-0.1, -0.05) is 36.4 Å². The molecule has 0 amide bonds. The predicted octanol–water partition coefficient (Wildman–Crippen LogP) is 3.53. The van der Waals surface area contributed by atoms with Crippen molar-refractivity contribution in [2.24, 2.45) is 4.99 Å². The zero-order valence-corrected chi connectivity index (χ0v) is 18.6. The molecule has 2 aromatic carbocycles. The topological polar surface area (TPSA) is 95.8 Å². The highest BCUT2D eigenvalue weighted by atomic mass is 15.3. The highest BCUT2D eigenvalue weighted by Gasteiger charge is 2.09. The first kappa shape index (κ1) is 21.3. The van der Waals surface area contributed by atoms with Crippen LogP contribution in [0.25, 0.3) is 17.1 Å². The number of aromatic amines is 1. The molecule has 0 fully saturated rings. The van der Waals surface area contributed by atoms with Gasteiger partial charge in [-0.2, -0.15) is 10.2 Å². The van der Waals surface area contributed by atoms with Gasteiger partial charge >= 0.3 is 0 Å². The minimum absolute atomic E-state index is 0.552. The minimum Gasteiger partial charge on any atom is -0.357 e. The van der Waals surface area contributed by atoms with Gasteiger partial charge in [-0.05, 0) is 50.1 Å². The molecule has 32 heavy (non-hydrogen) atoms. The Morgan fingerprint density at radius 2 is 1.94 bits per heavy atom. The lowest BCUT2D eigenvalue weighted by Gasteiger charge is -2.15. The lowest BCUT2D eigenvalue weighted by molar-refractivity contribution is 0.783. The van der Waals surface area contributed by atoms with E-state index in [0.29, 0.717) is 13.1 Å². The Hall–Kier alpha value is -3.94. The second-order valence-electron chi connectivity index (χ2n) is 7.55. The number of aryl methyl sites for hydroxylation is 2. The molecule has 4 aromatic rings. The van der Waals surface area contributed by atoms with Crippen LogP contribution < -0.4 is 10.6 Å². The second-order valence-corrected chi connectivity index (χ2v) is 7.55. The number of aliphatic imine (C=N–C) groups is 1. The van der Waals surface area contributed by atoms with Crippen molar-refractivity contribution in [2.75, 3.05) is 6.54 Å². The van der Waals surface area contributed by atoms with Crippen LogP contribution in [-0.2, 0) is 13.1 Å². The molecule has 8 nitrogen and oxygen atoms in total. The summed E-state index contributed by atoms with van der Waals surface area (Å²) < 4.78 is 1.99. The molecule has 0 aliphatic rings. The molecule has 4 rings (SSSR count). The van der Waals surface area contributed by atoms with E-state index in [9.17, 15) is 0 Å². The summed E-state index contributed by atoms with van der Waals surface area (Å²) >= 11 is 0. The van der Waals surface area contributed by atoms with Gasteiger partial charge in [0.05, 0.1) is 17.9 Å². The molecule has 0 bridgehead atoms. The number of H-pyrrole nitrogens is 1. The maximum absolute atomic E-state index is 4.77. The molecular weight excluding hydrogens is 400 g/mol. The van der Waals surface area contributed by atoms with Gasteiger partial charge in [0.2, 0.25) is 0 Å². The van der Waals surface area contributed by atoms with Crippen LogP contribution in [0.2, 0.25) is 0 Å². The number of aromatic nitrogens is 5. The number of rotatable bonds is 7. The smallest absolute Gasteiger partial charge is 0.191 e. The first-order valence-corrected chi connectivity index (χ1v) is 10.7. The molecule has 0 saturated carbocycles. The molecule has 0 aliphatic heterocycles. The average molecular weight is 429 g/mol. The molecular formula is C24H28N8. The van der Waals surface area contributed by atoms with Crippen molar-refractivity contribution in [2.45, 2.75) is 33.9 Å². The van der Waals surface area contributed by atoms with E-state index < -0.39 is 0 Å². The van der Waals surface area contributed by atoms with Gasteiger partial charge in [0, 0.05) is 24.3 Å². The Morgan fingerprint density at radius 1 is 1.06 bits per heavy atom. The summed E-state index contributed by atoms with van der Waals surface area (Å²) in [6, 6.07) is 18.5. The SMILES string of the molecule is CCNC(=NCc1cccc(-c2ncn[nH]2)c1)NCc1ccccc1-n1nc(C)cc1C. The fourth-order valence-corrected chi connectivity index (χ4v) is 3.59. The quantitative estimate of drug-likeness (QED) is 0.309. The summed E-state index contributed by atoms with van der Waals surface area (Å²) in [7, 11) is 0. The maximum atomic E-state index is 4.77. The standard InChI is InChI=1S/C24H28N8/c1-4-25-24(26-14-19-8-7-10-20(13-19)23-28-16-29-30-23)27-15-21-9-5-6-11-22(21)32-18(3)12-17(2)31-32/h5-13,16H,4,14-15H2,1-3H3,(H2,25,26,27)(H,28,29,30). The van der Waals surface area contributed by atoms with Crippen LogP contribution in [0, 0.1) is 13.8 Å². The van der Waals surface area contributed by atoms with Crippen LogP contribution >= 0.6 is 0 Å². The number of hydrogen-bond donors (Lipinski definition) is 3. The third kappa shape index (κ3) is 5.03. The van der Waals surface area contributed by atoms with E-state index in [1.54, 1.807) is 0 Å². The Bertz CT molecular complexity index is 1190. The Kier molecular flexibility index (Phi) is 6.60. The average Bonchev–Trinajstić information content (AvgIpc) is 3.46. The monoisotopic (exact) mass is 428 g/mol. The molecule has 0 atom stereocenters. The molecule has 164 valence electrons. The van der Waals surface area contributed by atoms with Crippen LogP contribution in [0.1, 0.15) is 29.4 Å². The zero-order chi connectivity index (χ0) is 22.3. The third-order valence-corrected chi connectivity index (χ3v) is 5.06. The van der Waals surface area contributed by atoms with E-state index in [2.05, 4.69) is 75.1 Å². The number of nitrogens with zero attached hydrogens (tertiary/aromatic N) is 5. The predicted molar refractivity (Wildman–Crippen MR) is 127 cm³/mol. The van der Waals surface area contributed by atoms with Gasteiger partial charge in [-0.3, -0.25) is 5.10 Å². The summed E-state index contributed by atoms with van der Waals surface area (Å²) in [4.78, 5) is 8.99. The van der Waals surface area contributed by atoms with E-state index >= 15 is 0 Å². The molecule has 0 unspecified atom stereocenters. The lowest BCUT2D eigenvalue weighted by Crippen LogP contribution is -2.37. The molecule has 2 heterocycles. The fourth-order valence-electron chi connectivity index (χ4n) is 3.59. The van der Waals surface area contributed by atoms with Gasteiger partial charge in [-0.15, -0.1) is 0 Å². The first-order chi connectivity index (χ1) is 15.6. The van der Waals surface area contributed by atoms with Crippen LogP contribution in [-0.4, -0.2) is 37.5 Å².